The first-order valence-electron chi connectivity index (χ1n) is 4.32. The molecule has 4 nitrogen and oxygen atoms in total. The topological polar surface area (TPSA) is 78.3 Å². The number of esters is 1. The minimum Gasteiger partial charge on any atom is -0.466 e. The van der Waals surface area contributed by atoms with E-state index in [4.69, 9.17) is 16.2 Å². The molecule has 0 unspecified atom stereocenters. The first-order chi connectivity index (χ1) is 5.70. The van der Waals surface area contributed by atoms with Crippen molar-refractivity contribution in [3.8, 4) is 0 Å². The molecule has 0 aromatic heterocycles. The molecule has 0 amide bonds. The van der Waals surface area contributed by atoms with E-state index >= 15 is 0 Å². The summed E-state index contributed by atoms with van der Waals surface area (Å²) in [5.74, 6) is -0.220. The van der Waals surface area contributed by atoms with Crippen LogP contribution in [0.2, 0.25) is 0 Å². The van der Waals surface area contributed by atoms with Crippen LogP contribution in [0.5, 0.6) is 0 Å². The fourth-order valence-electron chi connectivity index (χ4n) is 0.916. The van der Waals surface area contributed by atoms with Crippen molar-refractivity contribution in [1.82, 2.24) is 0 Å². The zero-order valence-corrected chi connectivity index (χ0v) is 7.58. The fraction of sp³-hybridized carbons (Fsp3) is 0.875. The molecule has 0 aliphatic rings. The lowest BCUT2D eigenvalue weighted by atomic mass is 10.1. The summed E-state index contributed by atoms with van der Waals surface area (Å²) in [7, 11) is 0. The van der Waals surface area contributed by atoms with Gasteiger partial charge in [0.15, 0.2) is 0 Å². The smallest absolute Gasteiger partial charge is 0.307 e. The van der Waals surface area contributed by atoms with Gasteiger partial charge in [0.1, 0.15) is 0 Å². The van der Waals surface area contributed by atoms with Crippen LogP contribution in [0.4, 0.5) is 0 Å². The number of ether oxygens (including phenoxy) is 1. The van der Waals surface area contributed by atoms with Gasteiger partial charge in [-0.05, 0) is 26.3 Å². The molecule has 0 saturated carbocycles. The van der Waals surface area contributed by atoms with E-state index in [1.54, 1.807) is 6.92 Å². The quantitative estimate of drug-likeness (QED) is 0.556. The van der Waals surface area contributed by atoms with Gasteiger partial charge < -0.3 is 16.2 Å². The van der Waals surface area contributed by atoms with Crippen LogP contribution in [0.25, 0.3) is 0 Å². The molecule has 0 saturated heterocycles. The highest BCUT2D eigenvalue weighted by Gasteiger charge is 2.08. The Morgan fingerprint density at radius 1 is 1.58 bits per heavy atom. The fourth-order valence-corrected chi connectivity index (χ4v) is 0.916. The Hall–Kier alpha value is -0.610. The zero-order valence-electron chi connectivity index (χ0n) is 7.58. The maximum absolute atomic E-state index is 10.9. The van der Waals surface area contributed by atoms with Crippen LogP contribution in [0.1, 0.15) is 26.2 Å². The average Bonchev–Trinajstić information content (AvgIpc) is 2.01. The molecule has 0 bridgehead atoms. The Morgan fingerprint density at radius 3 is 2.75 bits per heavy atom. The average molecular weight is 174 g/mol. The Kier molecular flexibility index (Phi) is 6.70. The van der Waals surface area contributed by atoms with Gasteiger partial charge in [-0.3, -0.25) is 4.79 Å². The molecule has 0 fully saturated rings. The summed E-state index contributed by atoms with van der Waals surface area (Å²) >= 11 is 0. The second-order valence-electron chi connectivity index (χ2n) is 2.70. The predicted octanol–water partition coefficient (Wildman–Crippen LogP) is 0.00580. The van der Waals surface area contributed by atoms with Gasteiger partial charge in [-0.15, -0.1) is 0 Å². The summed E-state index contributed by atoms with van der Waals surface area (Å²) in [5, 5.41) is 0. The third-order valence-corrected chi connectivity index (χ3v) is 1.51. The highest BCUT2D eigenvalue weighted by atomic mass is 16.5. The lowest BCUT2D eigenvalue weighted by Gasteiger charge is -2.09. The molecule has 72 valence electrons. The molecule has 4 heteroatoms. The standard InChI is InChI=1S/C8H18N2O2/c1-2-12-8(11)6-7(10)4-3-5-9/h7H,2-6,9-10H2,1H3/t7-/m0/s1. The molecule has 0 radical (unpaired) electrons. The number of hydrogen-bond acceptors (Lipinski definition) is 4. The number of hydrogen-bond donors (Lipinski definition) is 2. The van der Waals surface area contributed by atoms with Gasteiger partial charge in [-0.2, -0.15) is 0 Å². The van der Waals surface area contributed by atoms with Crippen molar-refractivity contribution in [3.05, 3.63) is 0 Å². The van der Waals surface area contributed by atoms with Crippen LogP contribution in [0.3, 0.4) is 0 Å². The lowest BCUT2D eigenvalue weighted by molar-refractivity contribution is -0.143. The molecule has 4 N–H and O–H groups in total. The summed E-state index contributed by atoms with van der Waals surface area (Å²) in [6.07, 6.45) is 1.95. The predicted molar refractivity (Wildman–Crippen MR) is 47.5 cm³/mol. The molecule has 0 aromatic rings. The van der Waals surface area contributed by atoms with Crippen LogP contribution < -0.4 is 11.5 Å². The van der Waals surface area contributed by atoms with Crippen molar-refractivity contribution >= 4 is 5.97 Å². The van der Waals surface area contributed by atoms with Gasteiger partial charge in [0, 0.05) is 6.04 Å². The monoisotopic (exact) mass is 174 g/mol. The highest BCUT2D eigenvalue weighted by Crippen LogP contribution is 1.99. The van der Waals surface area contributed by atoms with Crippen molar-refractivity contribution < 1.29 is 9.53 Å². The maximum Gasteiger partial charge on any atom is 0.307 e. The number of carbonyl (C=O) groups is 1. The normalized spacial score (nSPS) is 12.6. The second-order valence-corrected chi connectivity index (χ2v) is 2.70. The van der Waals surface area contributed by atoms with E-state index in [9.17, 15) is 4.79 Å². The first-order valence-corrected chi connectivity index (χ1v) is 4.32. The maximum atomic E-state index is 10.9. The number of nitrogens with two attached hydrogens (primary N) is 2. The van der Waals surface area contributed by atoms with E-state index in [0.717, 1.165) is 12.8 Å². The van der Waals surface area contributed by atoms with Crippen LogP contribution in [-0.4, -0.2) is 25.2 Å². The molecule has 0 heterocycles. The lowest BCUT2D eigenvalue weighted by Crippen LogP contribution is -2.25. The third kappa shape index (κ3) is 6.12. The summed E-state index contributed by atoms with van der Waals surface area (Å²) in [5.41, 5.74) is 10.9. The molecule has 12 heavy (non-hydrogen) atoms. The van der Waals surface area contributed by atoms with E-state index in [1.807, 2.05) is 0 Å². The van der Waals surface area contributed by atoms with Crippen molar-refractivity contribution in [1.29, 1.82) is 0 Å². The minimum atomic E-state index is -0.220. The van der Waals surface area contributed by atoms with Gasteiger partial charge in [0.2, 0.25) is 0 Å². The minimum absolute atomic E-state index is 0.104. The molecule has 0 rings (SSSR count). The highest BCUT2D eigenvalue weighted by molar-refractivity contribution is 5.70. The van der Waals surface area contributed by atoms with Crippen LogP contribution >= 0.6 is 0 Å². The largest absolute Gasteiger partial charge is 0.466 e. The van der Waals surface area contributed by atoms with E-state index in [1.165, 1.54) is 0 Å². The van der Waals surface area contributed by atoms with Gasteiger partial charge in [-0.1, -0.05) is 0 Å². The number of rotatable bonds is 6. The van der Waals surface area contributed by atoms with Crippen molar-refractivity contribution in [2.24, 2.45) is 11.5 Å². The Morgan fingerprint density at radius 2 is 2.25 bits per heavy atom. The Labute approximate surface area is 73.2 Å². The first kappa shape index (κ1) is 11.4. The van der Waals surface area contributed by atoms with Crippen molar-refractivity contribution in [3.63, 3.8) is 0 Å². The summed E-state index contributed by atoms with van der Waals surface area (Å²) in [4.78, 5) is 10.9. The van der Waals surface area contributed by atoms with E-state index in [0.29, 0.717) is 19.6 Å². The van der Waals surface area contributed by atoms with E-state index in [-0.39, 0.29) is 12.0 Å². The van der Waals surface area contributed by atoms with Crippen LogP contribution in [0.15, 0.2) is 0 Å². The van der Waals surface area contributed by atoms with Crippen molar-refractivity contribution in [2.45, 2.75) is 32.2 Å². The Bertz CT molecular complexity index is 128. The van der Waals surface area contributed by atoms with Crippen LogP contribution in [0, 0.1) is 0 Å². The van der Waals surface area contributed by atoms with Gasteiger partial charge in [-0.25, -0.2) is 0 Å². The second kappa shape index (κ2) is 7.06. The summed E-state index contributed by atoms with van der Waals surface area (Å²) < 4.78 is 4.74. The van der Waals surface area contributed by atoms with Crippen LogP contribution in [-0.2, 0) is 9.53 Å². The van der Waals surface area contributed by atoms with Crippen molar-refractivity contribution in [2.75, 3.05) is 13.2 Å². The molecular weight excluding hydrogens is 156 g/mol. The van der Waals surface area contributed by atoms with E-state index in [2.05, 4.69) is 0 Å². The van der Waals surface area contributed by atoms with E-state index < -0.39 is 0 Å². The summed E-state index contributed by atoms with van der Waals surface area (Å²) in [6, 6.07) is -0.104. The van der Waals surface area contributed by atoms with Gasteiger partial charge in [0.25, 0.3) is 0 Å². The van der Waals surface area contributed by atoms with Gasteiger partial charge >= 0.3 is 5.97 Å². The molecule has 0 spiro atoms. The Balaban J connectivity index is 3.40. The number of carbonyl (C=O) groups excluding carboxylic acids is 1. The molecule has 0 aliphatic heterocycles. The SMILES string of the molecule is CCOC(=O)C[C@@H](N)CCCN. The molecule has 1 atom stereocenters. The molecular formula is C8H18N2O2. The molecule has 0 aliphatic carbocycles. The van der Waals surface area contributed by atoms with Gasteiger partial charge in [0.05, 0.1) is 13.0 Å². The summed E-state index contributed by atoms with van der Waals surface area (Å²) in [6.45, 7) is 2.82. The molecule has 0 aromatic carbocycles. The third-order valence-electron chi connectivity index (χ3n) is 1.51. The zero-order chi connectivity index (χ0) is 9.40.